The summed E-state index contributed by atoms with van der Waals surface area (Å²) in [6.07, 6.45) is 23.5. The van der Waals surface area contributed by atoms with Crippen LogP contribution in [0.3, 0.4) is 0 Å². The van der Waals surface area contributed by atoms with E-state index < -0.39 is 0 Å². The molecule has 0 spiro atoms. The van der Waals surface area contributed by atoms with Crippen LogP contribution < -0.4 is 22.3 Å². The molecule has 3 nitrogen and oxygen atoms in total. The fraction of sp³-hybridized carbons (Fsp3) is 0.962. The van der Waals surface area contributed by atoms with Crippen LogP contribution in [0.5, 0.6) is 0 Å². The Morgan fingerprint density at radius 3 is 1.47 bits per heavy atom. The molecule has 182 valence electrons. The molecule has 0 aliphatic rings. The zero-order valence-corrected chi connectivity index (χ0v) is 22.7. The number of quaternary nitrogens is 1. The molecule has 0 saturated carbocycles. The van der Waals surface area contributed by atoms with Crippen molar-refractivity contribution in [2.45, 2.75) is 129 Å². The number of nitrogens with one attached hydrogen (secondary N) is 1. The molecule has 0 radical (unpaired) electrons. The van der Waals surface area contributed by atoms with Crippen molar-refractivity contribution in [2.24, 2.45) is 0 Å². The van der Waals surface area contributed by atoms with Gasteiger partial charge in [0.05, 0.1) is 33.7 Å². The summed E-state index contributed by atoms with van der Waals surface area (Å²) in [5.74, 6) is 0.250. The van der Waals surface area contributed by atoms with Gasteiger partial charge in [0.15, 0.2) is 0 Å². The van der Waals surface area contributed by atoms with E-state index in [-0.39, 0.29) is 22.9 Å². The van der Waals surface area contributed by atoms with Gasteiger partial charge >= 0.3 is 0 Å². The van der Waals surface area contributed by atoms with E-state index in [0.29, 0.717) is 6.42 Å². The highest BCUT2D eigenvalue weighted by Gasteiger charge is 2.14. The second kappa shape index (κ2) is 23.6. The fourth-order valence-electron chi connectivity index (χ4n) is 3.97. The zero-order chi connectivity index (χ0) is 21.6. The molecule has 4 heteroatoms. The van der Waals surface area contributed by atoms with Crippen molar-refractivity contribution in [3.63, 3.8) is 0 Å². The molecular weight excluding hydrogens is 436 g/mol. The molecule has 1 amide bonds. The van der Waals surface area contributed by atoms with E-state index in [9.17, 15) is 4.79 Å². The van der Waals surface area contributed by atoms with Crippen LogP contribution in [0, 0.1) is 0 Å². The first-order chi connectivity index (χ1) is 14.0. The Kier molecular flexibility index (Phi) is 25.2. The van der Waals surface area contributed by atoms with Gasteiger partial charge in [0, 0.05) is 6.42 Å². The number of amides is 1. The highest BCUT2D eigenvalue weighted by molar-refractivity contribution is 5.75. The van der Waals surface area contributed by atoms with Gasteiger partial charge in [0.2, 0.25) is 5.91 Å². The van der Waals surface area contributed by atoms with Gasteiger partial charge in [0.25, 0.3) is 0 Å². The monoisotopic (exact) mass is 490 g/mol. The Balaban J connectivity index is 0. The second-order valence-corrected chi connectivity index (χ2v) is 9.79. The molecule has 0 atom stereocenters. The third-order valence-corrected chi connectivity index (χ3v) is 6.16. The number of halogens is 1. The minimum Gasteiger partial charge on any atom is -1.00 e. The number of carbonyl (C=O) groups excluding carboxylic acids is 1. The molecule has 0 heterocycles. The number of hydrogen-bond donors (Lipinski definition) is 1. The summed E-state index contributed by atoms with van der Waals surface area (Å²) in [6.45, 7) is 7.63. The fourth-order valence-corrected chi connectivity index (χ4v) is 3.97. The van der Waals surface area contributed by atoms with Gasteiger partial charge in [0.1, 0.15) is 0 Å². The van der Waals surface area contributed by atoms with Crippen LogP contribution in [-0.2, 0) is 4.79 Å². The normalized spacial score (nSPS) is 11.3. The van der Waals surface area contributed by atoms with E-state index in [1.54, 1.807) is 0 Å². The van der Waals surface area contributed by atoms with Crippen molar-refractivity contribution in [3.8, 4) is 0 Å². The second-order valence-electron chi connectivity index (χ2n) is 9.79. The van der Waals surface area contributed by atoms with Crippen molar-refractivity contribution >= 4 is 5.91 Å². The maximum absolute atomic E-state index is 12.0. The molecule has 0 aromatic rings. The number of hydrogen-bond acceptors (Lipinski definition) is 1. The summed E-state index contributed by atoms with van der Waals surface area (Å²) in [7, 11) is 4.60. The first kappa shape index (κ1) is 32.1. The number of rotatable bonds is 22. The standard InChI is InChI=1S/C26H54N2O.BrH/c1-5-7-9-11-13-15-16-18-20-22-26(29)27-23-25-28(3,4)24-21-19-17-14-12-10-8-6-2;/h5-25H2,1-4H3;1H. The summed E-state index contributed by atoms with van der Waals surface area (Å²) in [5, 5.41) is 3.14. The van der Waals surface area contributed by atoms with Crippen LogP contribution in [0.2, 0.25) is 0 Å². The maximum Gasteiger partial charge on any atom is 0.220 e. The Bertz CT molecular complexity index is 361. The smallest absolute Gasteiger partial charge is 0.220 e. The number of unbranched alkanes of at least 4 members (excludes halogenated alkanes) is 15. The Morgan fingerprint density at radius 1 is 0.600 bits per heavy atom. The predicted molar refractivity (Wildman–Crippen MR) is 129 cm³/mol. The molecule has 0 aromatic heterocycles. The average molecular weight is 492 g/mol. The van der Waals surface area contributed by atoms with Crippen LogP contribution in [0.4, 0.5) is 0 Å². The van der Waals surface area contributed by atoms with E-state index in [2.05, 4.69) is 33.3 Å². The third kappa shape index (κ3) is 24.2. The molecule has 1 N–H and O–H groups in total. The van der Waals surface area contributed by atoms with Gasteiger partial charge in [-0.1, -0.05) is 104 Å². The summed E-state index contributed by atoms with van der Waals surface area (Å²) in [5.41, 5.74) is 0. The average Bonchev–Trinajstić information content (AvgIpc) is 2.68. The van der Waals surface area contributed by atoms with Crippen LogP contribution >= 0.6 is 0 Å². The van der Waals surface area contributed by atoms with Crippen LogP contribution in [-0.4, -0.2) is 44.1 Å². The molecule has 0 aliphatic carbocycles. The molecule has 0 saturated heterocycles. The molecule has 0 unspecified atom stereocenters. The van der Waals surface area contributed by atoms with Gasteiger partial charge in [-0.3, -0.25) is 4.79 Å². The van der Waals surface area contributed by atoms with Crippen molar-refractivity contribution in [2.75, 3.05) is 33.7 Å². The van der Waals surface area contributed by atoms with Gasteiger partial charge in [-0.2, -0.15) is 0 Å². The van der Waals surface area contributed by atoms with Gasteiger partial charge in [-0.25, -0.2) is 0 Å². The largest absolute Gasteiger partial charge is 1.00 e. The van der Waals surface area contributed by atoms with Crippen molar-refractivity contribution in [1.29, 1.82) is 0 Å². The third-order valence-electron chi connectivity index (χ3n) is 6.16. The highest BCUT2D eigenvalue weighted by Crippen LogP contribution is 2.11. The SMILES string of the molecule is CCCCCCCCCCCC(=O)NCC[N+](C)(C)CCCCCCCCCC.[Br-]. The summed E-state index contributed by atoms with van der Waals surface area (Å²) < 4.78 is 1.02. The lowest BCUT2D eigenvalue weighted by molar-refractivity contribution is -0.889. The lowest BCUT2D eigenvalue weighted by Crippen LogP contribution is -3.00. The number of carbonyl (C=O) groups is 1. The molecule has 30 heavy (non-hydrogen) atoms. The number of nitrogens with zero attached hydrogens (tertiary/aromatic N) is 1. The minimum absolute atomic E-state index is 0. The van der Waals surface area contributed by atoms with E-state index >= 15 is 0 Å². The molecule has 0 aliphatic heterocycles. The molecule has 0 bridgehead atoms. The van der Waals surface area contributed by atoms with Gasteiger partial charge in [-0.05, 0) is 19.3 Å². The highest BCUT2D eigenvalue weighted by atomic mass is 79.9. The van der Waals surface area contributed by atoms with Crippen molar-refractivity contribution < 1.29 is 26.3 Å². The van der Waals surface area contributed by atoms with Crippen molar-refractivity contribution in [3.05, 3.63) is 0 Å². The van der Waals surface area contributed by atoms with Crippen molar-refractivity contribution in [1.82, 2.24) is 5.32 Å². The van der Waals surface area contributed by atoms with Crippen LogP contribution in [0.1, 0.15) is 129 Å². The molecule has 0 rings (SSSR count). The lowest BCUT2D eigenvalue weighted by Gasteiger charge is -2.30. The van der Waals surface area contributed by atoms with E-state index in [1.807, 2.05) is 0 Å². The lowest BCUT2D eigenvalue weighted by atomic mass is 10.1. The summed E-state index contributed by atoms with van der Waals surface area (Å²) in [4.78, 5) is 12.0. The van der Waals surface area contributed by atoms with Gasteiger partial charge < -0.3 is 26.8 Å². The van der Waals surface area contributed by atoms with E-state index in [4.69, 9.17) is 0 Å². The molecular formula is C26H55BrN2O. The molecule has 0 fully saturated rings. The zero-order valence-electron chi connectivity index (χ0n) is 21.1. The minimum atomic E-state index is 0. The van der Waals surface area contributed by atoms with E-state index in [1.165, 1.54) is 109 Å². The van der Waals surface area contributed by atoms with Crippen LogP contribution in [0.25, 0.3) is 0 Å². The number of likely N-dealkylation sites (N-methyl/N-ethyl adjacent to an activating group) is 1. The summed E-state index contributed by atoms with van der Waals surface area (Å²) >= 11 is 0. The summed E-state index contributed by atoms with van der Waals surface area (Å²) in [6, 6.07) is 0. The van der Waals surface area contributed by atoms with Crippen LogP contribution in [0.15, 0.2) is 0 Å². The first-order valence-electron chi connectivity index (χ1n) is 13.1. The Labute approximate surface area is 200 Å². The topological polar surface area (TPSA) is 29.1 Å². The Morgan fingerprint density at radius 2 is 1.00 bits per heavy atom. The Hall–Kier alpha value is -0.0900. The maximum atomic E-state index is 12.0. The molecule has 0 aromatic carbocycles. The quantitative estimate of drug-likeness (QED) is 0.178. The predicted octanol–water partition coefficient (Wildman–Crippen LogP) is 4.24. The van der Waals surface area contributed by atoms with E-state index in [0.717, 1.165) is 24.0 Å². The van der Waals surface area contributed by atoms with Gasteiger partial charge in [-0.15, -0.1) is 0 Å². The first-order valence-corrected chi connectivity index (χ1v) is 13.1.